The Kier molecular flexibility index (Phi) is 4.12. The van der Waals surface area contributed by atoms with Crippen molar-refractivity contribution >= 4 is 21.8 Å². The number of rotatable bonds is 3. The highest BCUT2D eigenvalue weighted by atomic mass is 79.9. The van der Waals surface area contributed by atoms with Crippen LogP contribution in [0.3, 0.4) is 0 Å². The van der Waals surface area contributed by atoms with Gasteiger partial charge in [0, 0.05) is 12.1 Å². The smallest absolute Gasteiger partial charge is 0.251 e. The molecule has 21 heavy (non-hydrogen) atoms. The van der Waals surface area contributed by atoms with E-state index in [1.54, 1.807) is 0 Å². The van der Waals surface area contributed by atoms with Gasteiger partial charge in [0.2, 0.25) is 0 Å². The average Bonchev–Trinajstić information content (AvgIpc) is 2.82. The summed E-state index contributed by atoms with van der Waals surface area (Å²) in [6, 6.07) is 9.81. The summed E-state index contributed by atoms with van der Waals surface area (Å²) in [6.07, 6.45) is 1.92. The zero-order valence-electron chi connectivity index (χ0n) is 11.8. The number of aryl methyl sites for hydroxylation is 1. The number of hydrogen-bond donors (Lipinski definition) is 2. The van der Waals surface area contributed by atoms with Gasteiger partial charge in [-0.2, -0.15) is 0 Å². The summed E-state index contributed by atoms with van der Waals surface area (Å²) in [6.45, 7) is 0.740. The normalized spacial score (nSPS) is 16.0. The Bertz CT molecular complexity index is 666. The number of benzene rings is 1. The molecule has 0 saturated heterocycles. The molecule has 2 heterocycles. The molecule has 110 valence electrons. The molecule has 5 heteroatoms. The summed E-state index contributed by atoms with van der Waals surface area (Å²) in [5.41, 5.74) is 2.91. The monoisotopic (exact) mass is 348 g/mol. The molecule has 2 N–H and O–H groups in total. The van der Waals surface area contributed by atoms with E-state index in [0.29, 0.717) is 4.67 Å². The van der Waals surface area contributed by atoms with Gasteiger partial charge in [0.05, 0.1) is 6.04 Å². The Labute approximate surface area is 132 Å². The predicted octanol–water partition coefficient (Wildman–Crippen LogP) is 3.03. The SMILES string of the molecule is CNC(c1ccc2c(c1)C(=O)NCCC2)c1ccc(Br)o1. The number of carbonyl (C=O) groups excluding carboxylic acids is 1. The summed E-state index contributed by atoms with van der Waals surface area (Å²) >= 11 is 3.32. The lowest BCUT2D eigenvalue weighted by Crippen LogP contribution is -2.23. The molecule has 0 spiro atoms. The first-order valence-corrected chi connectivity index (χ1v) is 7.82. The lowest BCUT2D eigenvalue weighted by molar-refractivity contribution is 0.0956. The maximum absolute atomic E-state index is 12.1. The average molecular weight is 349 g/mol. The van der Waals surface area contributed by atoms with Crippen molar-refractivity contribution < 1.29 is 9.21 Å². The molecule has 1 amide bonds. The summed E-state index contributed by atoms with van der Waals surface area (Å²) in [5, 5.41) is 6.18. The molecule has 0 radical (unpaired) electrons. The number of nitrogens with one attached hydrogen (secondary N) is 2. The molecule has 1 aliphatic rings. The Morgan fingerprint density at radius 2 is 2.19 bits per heavy atom. The molecule has 0 bridgehead atoms. The standard InChI is InChI=1S/C16H17BrN2O2/c1-18-15(13-6-7-14(17)21-13)11-5-4-10-3-2-8-19-16(20)12(10)9-11/h4-7,9,15,18H,2-3,8H2,1H3,(H,19,20). The Morgan fingerprint density at radius 3 is 2.90 bits per heavy atom. The quantitative estimate of drug-likeness (QED) is 0.896. The van der Waals surface area contributed by atoms with Crippen molar-refractivity contribution in [3.8, 4) is 0 Å². The fourth-order valence-corrected chi connectivity index (χ4v) is 3.05. The maximum Gasteiger partial charge on any atom is 0.251 e. The van der Waals surface area contributed by atoms with Crippen molar-refractivity contribution in [2.75, 3.05) is 13.6 Å². The number of hydrogen-bond acceptors (Lipinski definition) is 3. The topological polar surface area (TPSA) is 54.3 Å². The molecule has 0 aliphatic carbocycles. The van der Waals surface area contributed by atoms with Crippen LogP contribution in [0.4, 0.5) is 0 Å². The van der Waals surface area contributed by atoms with Gasteiger partial charge in [0.25, 0.3) is 5.91 Å². The minimum Gasteiger partial charge on any atom is -0.452 e. The van der Waals surface area contributed by atoms with Crippen LogP contribution in [0.5, 0.6) is 0 Å². The molecule has 2 aromatic rings. The molecule has 1 unspecified atom stereocenters. The van der Waals surface area contributed by atoms with E-state index in [4.69, 9.17) is 4.42 Å². The largest absolute Gasteiger partial charge is 0.452 e. The van der Waals surface area contributed by atoms with Crippen LogP contribution in [0.25, 0.3) is 0 Å². The van der Waals surface area contributed by atoms with Crippen LogP contribution in [-0.2, 0) is 6.42 Å². The van der Waals surface area contributed by atoms with Gasteiger partial charge in [-0.25, -0.2) is 0 Å². The number of fused-ring (bicyclic) bond motifs is 1. The van der Waals surface area contributed by atoms with Crippen molar-refractivity contribution in [3.63, 3.8) is 0 Å². The summed E-state index contributed by atoms with van der Waals surface area (Å²) in [4.78, 5) is 12.1. The van der Waals surface area contributed by atoms with Crippen LogP contribution in [0, 0.1) is 0 Å². The first-order valence-electron chi connectivity index (χ1n) is 7.02. The zero-order valence-corrected chi connectivity index (χ0v) is 13.4. The van der Waals surface area contributed by atoms with E-state index in [1.165, 1.54) is 0 Å². The first kappa shape index (κ1) is 14.4. The van der Waals surface area contributed by atoms with Crippen molar-refractivity contribution in [2.45, 2.75) is 18.9 Å². The Balaban J connectivity index is 2.00. The Hall–Kier alpha value is -1.59. The van der Waals surface area contributed by atoms with Crippen molar-refractivity contribution in [1.29, 1.82) is 0 Å². The van der Waals surface area contributed by atoms with Gasteiger partial charge in [-0.15, -0.1) is 0 Å². The third kappa shape index (κ3) is 2.89. The van der Waals surface area contributed by atoms with Crippen molar-refractivity contribution in [1.82, 2.24) is 10.6 Å². The first-order chi connectivity index (χ1) is 10.2. The van der Waals surface area contributed by atoms with Gasteiger partial charge >= 0.3 is 0 Å². The minimum absolute atomic E-state index is 0.0137. The molecule has 0 saturated carbocycles. The van der Waals surface area contributed by atoms with Crippen LogP contribution >= 0.6 is 15.9 Å². The molecular weight excluding hydrogens is 332 g/mol. The van der Waals surface area contributed by atoms with Crippen LogP contribution in [0.1, 0.15) is 39.7 Å². The fourth-order valence-electron chi connectivity index (χ4n) is 2.74. The number of halogens is 1. The molecule has 3 rings (SSSR count). The second-order valence-electron chi connectivity index (χ2n) is 5.14. The van der Waals surface area contributed by atoms with E-state index in [0.717, 1.165) is 41.8 Å². The van der Waals surface area contributed by atoms with E-state index in [-0.39, 0.29) is 11.9 Å². The van der Waals surface area contributed by atoms with E-state index in [1.807, 2.05) is 25.2 Å². The summed E-state index contributed by atoms with van der Waals surface area (Å²) in [5.74, 6) is 0.832. The van der Waals surface area contributed by atoms with Crippen LogP contribution in [-0.4, -0.2) is 19.5 Å². The zero-order chi connectivity index (χ0) is 14.8. The molecule has 1 aromatic carbocycles. The Morgan fingerprint density at radius 1 is 1.33 bits per heavy atom. The van der Waals surface area contributed by atoms with E-state index >= 15 is 0 Å². The lowest BCUT2D eigenvalue weighted by Gasteiger charge is -2.16. The van der Waals surface area contributed by atoms with Gasteiger partial charge in [-0.1, -0.05) is 12.1 Å². The van der Waals surface area contributed by atoms with Crippen LogP contribution in [0.2, 0.25) is 0 Å². The lowest BCUT2D eigenvalue weighted by atomic mass is 9.96. The molecule has 1 aromatic heterocycles. The number of amides is 1. The maximum atomic E-state index is 12.1. The van der Waals surface area contributed by atoms with Gasteiger partial charge < -0.3 is 15.1 Å². The molecule has 4 nitrogen and oxygen atoms in total. The van der Waals surface area contributed by atoms with Crippen LogP contribution in [0.15, 0.2) is 39.4 Å². The molecule has 1 atom stereocenters. The third-order valence-corrected chi connectivity index (χ3v) is 4.21. The van der Waals surface area contributed by atoms with Gasteiger partial charge in [-0.05, 0) is 65.1 Å². The number of carbonyl (C=O) groups is 1. The molecule has 1 aliphatic heterocycles. The van der Waals surface area contributed by atoms with E-state index in [9.17, 15) is 4.79 Å². The van der Waals surface area contributed by atoms with Gasteiger partial charge in [0.15, 0.2) is 4.67 Å². The highest BCUT2D eigenvalue weighted by Gasteiger charge is 2.20. The second kappa shape index (κ2) is 6.03. The summed E-state index contributed by atoms with van der Waals surface area (Å²) < 4.78 is 6.34. The van der Waals surface area contributed by atoms with Gasteiger partial charge in [0.1, 0.15) is 5.76 Å². The second-order valence-corrected chi connectivity index (χ2v) is 5.92. The van der Waals surface area contributed by atoms with Gasteiger partial charge in [-0.3, -0.25) is 4.79 Å². The van der Waals surface area contributed by atoms with E-state index < -0.39 is 0 Å². The van der Waals surface area contributed by atoms with Crippen molar-refractivity contribution in [2.24, 2.45) is 0 Å². The molecular formula is C16H17BrN2O2. The minimum atomic E-state index is -0.0716. The highest BCUT2D eigenvalue weighted by molar-refractivity contribution is 9.10. The highest BCUT2D eigenvalue weighted by Crippen LogP contribution is 2.28. The molecule has 0 fully saturated rings. The van der Waals surface area contributed by atoms with Crippen molar-refractivity contribution in [3.05, 3.63) is 57.5 Å². The van der Waals surface area contributed by atoms with Crippen LogP contribution < -0.4 is 10.6 Å². The fraction of sp³-hybridized carbons (Fsp3) is 0.312. The summed E-state index contributed by atoms with van der Waals surface area (Å²) in [7, 11) is 1.88. The predicted molar refractivity (Wildman–Crippen MR) is 84.4 cm³/mol. The third-order valence-electron chi connectivity index (χ3n) is 3.79. The van der Waals surface area contributed by atoms with E-state index in [2.05, 4.69) is 38.7 Å². The number of furan rings is 1.